The van der Waals surface area contributed by atoms with E-state index in [-0.39, 0.29) is 29.7 Å². The lowest BCUT2D eigenvalue weighted by Crippen LogP contribution is -2.52. The summed E-state index contributed by atoms with van der Waals surface area (Å²) < 4.78 is 0. The van der Waals surface area contributed by atoms with Gasteiger partial charge in [0.25, 0.3) is 0 Å². The van der Waals surface area contributed by atoms with Gasteiger partial charge < -0.3 is 5.32 Å². The number of rotatable bonds is 8. The van der Waals surface area contributed by atoms with Crippen LogP contribution < -0.4 is 5.32 Å². The number of piperidine rings is 1. The molecule has 1 N–H and O–H groups in total. The molecule has 2 aromatic rings. The van der Waals surface area contributed by atoms with E-state index in [0.717, 1.165) is 16.5 Å². The summed E-state index contributed by atoms with van der Waals surface area (Å²) >= 11 is 14.3. The molecule has 0 radical (unpaired) electrons. The zero-order chi connectivity index (χ0) is 22.5. The average Bonchev–Trinajstić information content (AvgIpc) is 2.76. The third-order valence-corrected chi connectivity index (χ3v) is 8.40. The van der Waals surface area contributed by atoms with Crippen LogP contribution in [0.15, 0.2) is 61.2 Å². The number of amides is 1. The SMILES string of the molecule is C=CC[C@H]1C[C@H](c2cccc(Cl)c2)[C@H](C(C)C(C)C(SC)c2ccc(Cl)cc2)NC1=O. The van der Waals surface area contributed by atoms with Gasteiger partial charge in [0, 0.05) is 33.2 Å². The van der Waals surface area contributed by atoms with Gasteiger partial charge in [0.15, 0.2) is 0 Å². The minimum Gasteiger partial charge on any atom is -0.352 e. The molecule has 166 valence electrons. The molecule has 0 aromatic heterocycles. The maximum Gasteiger partial charge on any atom is 0.223 e. The lowest BCUT2D eigenvalue weighted by Gasteiger charge is -2.43. The van der Waals surface area contributed by atoms with Crippen molar-refractivity contribution in [1.82, 2.24) is 5.32 Å². The van der Waals surface area contributed by atoms with Crippen molar-refractivity contribution in [2.45, 2.75) is 43.9 Å². The second kappa shape index (κ2) is 10.9. The van der Waals surface area contributed by atoms with Crippen LogP contribution in [0.1, 0.15) is 49.0 Å². The van der Waals surface area contributed by atoms with Gasteiger partial charge in [-0.25, -0.2) is 0 Å². The van der Waals surface area contributed by atoms with E-state index in [4.69, 9.17) is 23.2 Å². The predicted octanol–water partition coefficient (Wildman–Crippen LogP) is 7.53. The van der Waals surface area contributed by atoms with Crippen molar-refractivity contribution in [1.29, 1.82) is 0 Å². The number of halogens is 2. The van der Waals surface area contributed by atoms with E-state index in [1.165, 1.54) is 11.1 Å². The quantitative estimate of drug-likeness (QED) is 0.399. The highest BCUT2D eigenvalue weighted by molar-refractivity contribution is 7.98. The van der Waals surface area contributed by atoms with Gasteiger partial charge in [-0.05, 0) is 66.3 Å². The number of hydrogen-bond donors (Lipinski definition) is 1. The Hall–Kier alpha value is -1.42. The largest absolute Gasteiger partial charge is 0.352 e. The van der Waals surface area contributed by atoms with Gasteiger partial charge in [-0.1, -0.05) is 67.4 Å². The first-order valence-electron chi connectivity index (χ1n) is 10.8. The molecule has 2 aromatic carbocycles. The normalized spacial score (nSPS) is 24.2. The van der Waals surface area contributed by atoms with Crippen LogP contribution in [0.4, 0.5) is 0 Å². The molecule has 0 aliphatic carbocycles. The first kappa shape index (κ1) is 24.2. The van der Waals surface area contributed by atoms with Gasteiger partial charge in [-0.2, -0.15) is 11.8 Å². The van der Waals surface area contributed by atoms with E-state index in [1.807, 2.05) is 48.2 Å². The number of thioether (sulfide) groups is 1. The molecule has 0 bridgehead atoms. The second-order valence-corrected chi connectivity index (χ2v) is 10.4. The monoisotopic (exact) mass is 475 g/mol. The Kier molecular flexibility index (Phi) is 8.55. The van der Waals surface area contributed by atoms with Crippen molar-refractivity contribution in [3.05, 3.63) is 82.4 Å². The summed E-state index contributed by atoms with van der Waals surface area (Å²) in [6, 6.07) is 16.3. The van der Waals surface area contributed by atoms with Crippen molar-refractivity contribution in [2.24, 2.45) is 17.8 Å². The van der Waals surface area contributed by atoms with E-state index in [0.29, 0.717) is 17.6 Å². The van der Waals surface area contributed by atoms with Crippen molar-refractivity contribution in [3.63, 3.8) is 0 Å². The van der Waals surface area contributed by atoms with Crippen LogP contribution in [0.5, 0.6) is 0 Å². The Morgan fingerprint density at radius 2 is 1.87 bits per heavy atom. The molecule has 2 nitrogen and oxygen atoms in total. The van der Waals surface area contributed by atoms with E-state index >= 15 is 0 Å². The number of nitrogens with one attached hydrogen (secondary N) is 1. The summed E-state index contributed by atoms with van der Waals surface area (Å²) in [5.41, 5.74) is 2.46. The molecule has 1 amide bonds. The molecule has 1 fully saturated rings. The lowest BCUT2D eigenvalue weighted by atomic mass is 9.71. The van der Waals surface area contributed by atoms with Crippen LogP contribution >= 0.6 is 35.0 Å². The standard InChI is InChI=1S/C26H31Cl2NOS/c1-5-7-20-15-23(19-8-6-9-22(28)14-19)24(29-26(20)30)16(2)17(3)25(31-4)18-10-12-21(27)13-11-18/h5-6,8-14,16-17,20,23-25H,1,7,15H2,2-4H3,(H,29,30)/t16?,17?,20-,23+,24-,25?/m0/s1. The molecule has 31 heavy (non-hydrogen) atoms. The number of allylic oxidation sites excluding steroid dienone is 1. The molecule has 3 rings (SSSR count). The van der Waals surface area contributed by atoms with Crippen LogP contribution in [0, 0.1) is 17.8 Å². The first-order chi connectivity index (χ1) is 14.8. The number of carbonyl (C=O) groups excluding carboxylic acids is 1. The van der Waals surface area contributed by atoms with Gasteiger partial charge in [0.2, 0.25) is 5.91 Å². The van der Waals surface area contributed by atoms with Crippen molar-refractivity contribution < 1.29 is 4.79 Å². The fourth-order valence-electron chi connectivity index (χ4n) is 4.84. The maximum absolute atomic E-state index is 12.9. The smallest absolute Gasteiger partial charge is 0.223 e. The zero-order valence-electron chi connectivity index (χ0n) is 18.4. The summed E-state index contributed by atoms with van der Waals surface area (Å²) in [7, 11) is 0. The van der Waals surface area contributed by atoms with Gasteiger partial charge in [0.1, 0.15) is 0 Å². The van der Waals surface area contributed by atoms with Gasteiger partial charge >= 0.3 is 0 Å². The van der Waals surface area contributed by atoms with Crippen LogP contribution in [-0.4, -0.2) is 18.2 Å². The predicted molar refractivity (Wildman–Crippen MR) is 135 cm³/mol. The van der Waals surface area contributed by atoms with Crippen LogP contribution in [-0.2, 0) is 4.79 Å². The van der Waals surface area contributed by atoms with E-state index in [1.54, 1.807) is 0 Å². The van der Waals surface area contributed by atoms with E-state index in [9.17, 15) is 4.79 Å². The van der Waals surface area contributed by atoms with Gasteiger partial charge in [-0.3, -0.25) is 4.79 Å². The summed E-state index contributed by atoms with van der Waals surface area (Å²) in [5.74, 6) is 0.915. The fourth-order valence-corrected chi connectivity index (χ4v) is 6.27. The molecule has 1 aliphatic rings. The number of carbonyl (C=O) groups is 1. The van der Waals surface area contributed by atoms with Crippen LogP contribution in [0.3, 0.4) is 0 Å². The number of benzene rings is 2. The molecule has 6 atom stereocenters. The van der Waals surface area contributed by atoms with Crippen LogP contribution in [0.2, 0.25) is 10.0 Å². The topological polar surface area (TPSA) is 29.1 Å². The maximum atomic E-state index is 12.9. The summed E-state index contributed by atoms with van der Waals surface area (Å²) in [6.07, 6.45) is 5.50. The highest BCUT2D eigenvalue weighted by Gasteiger charge is 2.41. The van der Waals surface area contributed by atoms with Crippen molar-refractivity contribution in [3.8, 4) is 0 Å². The zero-order valence-corrected chi connectivity index (χ0v) is 20.7. The molecule has 1 saturated heterocycles. The van der Waals surface area contributed by atoms with Gasteiger partial charge in [-0.15, -0.1) is 6.58 Å². The first-order valence-corrected chi connectivity index (χ1v) is 12.8. The third-order valence-electron chi connectivity index (χ3n) is 6.71. The molecule has 1 aliphatic heterocycles. The van der Waals surface area contributed by atoms with Crippen molar-refractivity contribution in [2.75, 3.05) is 6.26 Å². The summed E-state index contributed by atoms with van der Waals surface area (Å²) in [6.45, 7) is 8.40. The molecule has 3 unspecified atom stereocenters. The molecule has 0 spiro atoms. The molecule has 5 heteroatoms. The lowest BCUT2D eigenvalue weighted by molar-refractivity contribution is -0.129. The Labute approximate surface area is 200 Å². The fraction of sp³-hybridized carbons (Fsp3) is 0.423. The Morgan fingerprint density at radius 3 is 2.48 bits per heavy atom. The molecule has 0 saturated carbocycles. The highest BCUT2D eigenvalue weighted by Crippen LogP contribution is 2.44. The molecular formula is C26H31Cl2NOS. The number of hydrogen-bond acceptors (Lipinski definition) is 2. The minimum atomic E-state index is -0.0483. The highest BCUT2D eigenvalue weighted by atomic mass is 35.5. The average molecular weight is 477 g/mol. The van der Waals surface area contributed by atoms with Crippen LogP contribution in [0.25, 0.3) is 0 Å². The van der Waals surface area contributed by atoms with Gasteiger partial charge in [0.05, 0.1) is 0 Å². The summed E-state index contributed by atoms with van der Waals surface area (Å²) in [4.78, 5) is 12.9. The van der Waals surface area contributed by atoms with E-state index < -0.39 is 0 Å². The third kappa shape index (κ3) is 5.69. The molecule has 1 heterocycles. The summed E-state index contributed by atoms with van der Waals surface area (Å²) in [5, 5.41) is 5.18. The Balaban J connectivity index is 1.91. The van der Waals surface area contributed by atoms with Crippen molar-refractivity contribution >= 4 is 40.9 Å². The molecular weight excluding hydrogens is 445 g/mol. The Morgan fingerprint density at radius 1 is 1.16 bits per heavy atom. The minimum absolute atomic E-state index is 0.0454. The Bertz CT molecular complexity index is 901. The second-order valence-electron chi connectivity index (χ2n) is 8.58. The van der Waals surface area contributed by atoms with E-state index in [2.05, 4.69) is 50.2 Å².